The maximum Gasteiger partial charge on any atom is 0.423 e. The normalized spacial score (nSPS) is 19.4. The van der Waals surface area contributed by atoms with Gasteiger partial charge in [0, 0.05) is 5.56 Å². The standard InChI is InChI=1S/C8H6F2N2O/c9-8(10)7(11-12-13-8)6-4-2-1-3-5-6/h1-5,12H. The van der Waals surface area contributed by atoms with Gasteiger partial charge < -0.3 is 0 Å². The van der Waals surface area contributed by atoms with E-state index < -0.39 is 11.8 Å². The van der Waals surface area contributed by atoms with Gasteiger partial charge >= 0.3 is 6.11 Å². The topological polar surface area (TPSA) is 33.6 Å². The molecule has 0 aliphatic carbocycles. The molecule has 1 aliphatic rings. The third-order valence-corrected chi connectivity index (χ3v) is 1.65. The molecule has 1 N–H and O–H groups in total. The van der Waals surface area contributed by atoms with Crippen molar-refractivity contribution < 1.29 is 13.6 Å². The minimum Gasteiger partial charge on any atom is -0.181 e. The van der Waals surface area contributed by atoms with Crippen molar-refractivity contribution >= 4 is 5.71 Å². The molecule has 0 atom stereocenters. The molecule has 0 spiro atoms. The highest BCUT2D eigenvalue weighted by Crippen LogP contribution is 2.24. The lowest BCUT2D eigenvalue weighted by Crippen LogP contribution is -2.28. The van der Waals surface area contributed by atoms with E-state index in [2.05, 4.69) is 9.94 Å². The van der Waals surface area contributed by atoms with Crippen molar-refractivity contribution in [3.05, 3.63) is 35.9 Å². The van der Waals surface area contributed by atoms with Gasteiger partial charge in [0.1, 0.15) is 0 Å². The van der Waals surface area contributed by atoms with Crippen LogP contribution in [0.5, 0.6) is 0 Å². The smallest absolute Gasteiger partial charge is 0.181 e. The summed E-state index contributed by atoms with van der Waals surface area (Å²) in [5.41, 5.74) is 1.75. The van der Waals surface area contributed by atoms with Crippen LogP contribution in [0.25, 0.3) is 0 Å². The molecular formula is C8H6F2N2O. The maximum atomic E-state index is 12.9. The van der Waals surface area contributed by atoms with Crippen LogP contribution in [0.1, 0.15) is 5.56 Å². The maximum absolute atomic E-state index is 12.9. The summed E-state index contributed by atoms with van der Waals surface area (Å²) in [5.74, 6) is 0. The quantitative estimate of drug-likeness (QED) is 0.717. The summed E-state index contributed by atoms with van der Waals surface area (Å²) in [5, 5.41) is 3.35. The summed E-state index contributed by atoms with van der Waals surface area (Å²) < 4.78 is 25.8. The molecule has 0 unspecified atom stereocenters. The molecule has 1 aromatic rings. The number of nitrogens with one attached hydrogen (secondary N) is 1. The van der Waals surface area contributed by atoms with Crippen LogP contribution in [0.2, 0.25) is 0 Å². The highest BCUT2D eigenvalue weighted by Gasteiger charge is 2.43. The summed E-state index contributed by atoms with van der Waals surface area (Å²) in [6.45, 7) is 0. The van der Waals surface area contributed by atoms with Crippen molar-refractivity contribution in [1.82, 2.24) is 5.59 Å². The van der Waals surface area contributed by atoms with Crippen molar-refractivity contribution in [1.29, 1.82) is 0 Å². The molecule has 0 saturated heterocycles. The third kappa shape index (κ3) is 1.38. The van der Waals surface area contributed by atoms with E-state index >= 15 is 0 Å². The summed E-state index contributed by atoms with van der Waals surface area (Å²) >= 11 is 0. The van der Waals surface area contributed by atoms with E-state index in [1.807, 2.05) is 0 Å². The molecule has 1 heterocycles. The van der Waals surface area contributed by atoms with Crippen LogP contribution in [-0.2, 0) is 4.84 Å². The molecule has 3 nitrogen and oxygen atoms in total. The number of halogens is 2. The second-order valence-electron chi connectivity index (χ2n) is 2.54. The Morgan fingerprint density at radius 1 is 1.23 bits per heavy atom. The Balaban J connectivity index is 2.38. The number of rotatable bonds is 1. The SMILES string of the molecule is FC1(F)ONN=C1c1ccccc1. The molecule has 1 aliphatic heterocycles. The number of nitrogens with zero attached hydrogens (tertiary/aromatic N) is 1. The fourth-order valence-corrected chi connectivity index (χ4v) is 1.07. The molecule has 0 amide bonds. The van der Waals surface area contributed by atoms with Gasteiger partial charge in [-0.3, -0.25) is 0 Å². The molecule has 0 bridgehead atoms. The second kappa shape index (κ2) is 2.77. The van der Waals surface area contributed by atoms with Crippen LogP contribution in [0.15, 0.2) is 35.4 Å². The predicted molar refractivity (Wildman–Crippen MR) is 42.1 cm³/mol. The van der Waals surface area contributed by atoms with Crippen molar-refractivity contribution in [3.63, 3.8) is 0 Å². The van der Waals surface area contributed by atoms with E-state index in [9.17, 15) is 8.78 Å². The summed E-state index contributed by atoms with van der Waals surface area (Å²) in [6, 6.07) is 8.15. The molecule has 1 aromatic carbocycles. The highest BCUT2D eigenvalue weighted by atomic mass is 19.3. The first kappa shape index (κ1) is 8.12. The van der Waals surface area contributed by atoms with Crippen LogP contribution < -0.4 is 5.59 Å². The molecule has 68 valence electrons. The third-order valence-electron chi connectivity index (χ3n) is 1.65. The van der Waals surface area contributed by atoms with E-state index in [0.717, 1.165) is 0 Å². The lowest BCUT2D eigenvalue weighted by Gasteiger charge is -2.07. The van der Waals surface area contributed by atoms with Gasteiger partial charge in [-0.2, -0.15) is 19.2 Å². The van der Waals surface area contributed by atoms with Crippen LogP contribution >= 0.6 is 0 Å². The van der Waals surface area contributed by atoms with Crippen LogP contribution in [0, 0.1) is 0 Å². The molecule has 0 radical (unpaired) electrons. The largest absolute Gasteiger partial charge is 0.423 e. The molecule has 0 fully saturated rings. The summed E-state index contributed by atoms with van der Waals surface area (Å²) in [7, 11) is 0. The van der Waals surface area contributed by atoms with Crippen LogP contribution in [0.4, 0.5) is 8.78 Å². The van der Waals surface area contributed by atoms with Gasteiger partial charge in [-0.25, -0.2) is 0 Å². The molecule has 2 rings (SSSR count). The van der Waals surface area contributed by atoms with Crippen molar-refractivity contribution in [2.24, 2.45) is 5.10 Å². The zero-order chi connectivity index (χ0) is 9.31. The first-order valence-corrected chi connectivity index (χ1v) is 3.64. The number of hydrogen-bond acceptors (Lipinski definition) is 3. The van der Waals surface area contributed by atoms with Gasteiger partial charge in [-0.05, 0) is 0 Å². The highest BCUT2D eigenvalue weighted by molar-refractivity contribution is 6.05. The van der Waals surface area contributed by atoms with E-state index in [4.69, 9.17) is 0 Å². The monoisotopic (exact) mass is 184 g/mol. The molecule has 0 aromatic heterocycles. The minimum atomic E-state index is -3.35. The zero-order valence-corrected chi connectivity index (χ0v) is 6.50. The number of alkyl halides is 2. The van der Waals surface area contributed by atoms with E-state index in [-0.39, 0.29) is 0 Å². The lowest BCUT2D eigenvalue weighted by atomic mass is 10.1. The van der Waals surface area contributed by atoms with Crippen molar-refractivity contribution in [2.75, 3.05) is 0 Å². The second-order valence-corrected chi connectivity index (χ2v) is 2.54. The van der Waals surface area contributed by atoms with Gasteiger partial charge in [0.05, 0.1) is 0 Å². The molecular weight excluding hydrogens is 178 g/mol. The average molecular weight is 184 g/mol. The fourth-order valence-electron chi connectivity index (χ4n) is 1.07. The van der Waals surface area contributed by atoms with Crippen LogP contribution in [-0.4, -0.2) is 11.8 Å². The van der Waals surface area contributed by atoms with Crippen molar-refractivity contribution in [3.8, 4) is 0 Å². The fraction of sp³-hybridized carbons (Fsp3) is 0.125. The Bertz CT molecular complexity index is 337. The van der Waals surface area contributed by atoms with Crippen molar-refractivity contribution in [2.45, 2.75) is 6.11 Å². The van der Waals surface area contributed by atoms with E-state index in [1.54, 1.807) is 35.9 Å². The van der Waals surface area contributed by atoms with Gasteiger partial charge in [-0.1, -0.05) is 30.3 Å². The Morgan fingerprint density at radius 2 is 1.92 bits per heavy atom. The molecule has 0 saturated carbocycles. The molecule has 5 heteroatoms. The Morgan fingerprint density at radius 3 is 2.46 bits per heavy atom. The Kier molecular flexibility index (Phi) is 1.73. The first-order valence-electron chi connectivity index (χ1n) is 3.64. The lowest BCUT2D eigenvalue weighted by molar-refractivity contribution is -0.204. The zero-order valence-electron chi connectivity index (χ0n) is 6.50. The van der Waals surface area contributed by atoms with Gasteiger partial charge in [0.2, 0.25) is 0 Å². The minimum absolute atomic E-state index is 0.345. The number of benzene rings is 1. The summed E-state index contributed by atoms with van der Waals surface area (Å²) in [4.78, 5) is 3.92. The average Bonchev–Trinajstić information content (AvgIpc) is 2.47. The first-order chi connectivity index (χ1) is 6.20. The predicted octanol–water partition coefficient (Wildman–Crippen LogP) is 1.52. The number of hydrogen-bond donors (Lipinski definition) is 1. The molecule has 13 heavy (non-hydrogen) atoms. The van der Waals surface area contributed by atoms with E-state index in [0.29, 0.717) is 5.56 Å². The summed E-state index contributed by atoms with van der Waals surface area (Å²) in [6.07, 6.45) is -3.35. The van der Waals surface area contributed by atoms with Gasteiger partial charge in [-0.15, -0.1) is 5.10 Å². The van der Waals surface area contributed by atoms with Crippen LogP contribution in [0.3, 0.4) is 0 Å². The Labute approximate surface area is 73.0 Å². The number of hydrazone groups is 1. The van der Waals surface area contributed by atoms with E-state index in [1.165, 1.54) is 0 Å². The van der Waals surface area contributed by atoms with Gasteiger partial charge in [0.15, 0.2) is 5.71 Å². The Hall–Kier alpha value is -1.49. The van der Waals surface area contributed by atoms with Gasteiger partial charge in [0.25, 0.3) is 0 Å².